The molecular formula is C25H31N3O4S. The molecule has 1 saturated heterocycles. The van der Waals surface area contributed by atoms with Crippen LogP contribution in [0.5, 0.6) is 17.2 Å². The van der Waals surface area contributed by atoms with Gasteiger partial charge in [-0.3, -0.25) is 14.8 Å². The van der Waals surface area contributed by atoms with E-state index in [0.717, 1.165) is 49.1 Å². The number of carbonyl (C=O) groups is 1. The molecule has 0 unspecified atom stereocenters. The lowest BCUT2D eigenvalue weighted by atomic mass is 9.94. The number of methoxy groups -OCH3 is 3. The molecule has 0 radical (unpaired) electrons. The number of nitrogens with zero attached hydrogens (tertiary/aromatic N) is 2. The topological polar surface area (TPSA) is 63.3 Å². The van der Waals surface area contributed by atoms with Gasteiger partial charge >= 0.3 is 0 Å². The molecule has 1 heterocycles. The van der Waals surface area contributed by atoms with Crippen molar-refractivity contribution in [2.24, 2.45) is 0 Å². The Morgan fingerprint density at radius 2 is 1.67 bits per heavy atom. The third-order valence-electron chi connectivity index (χ3n) is 6.44. The number of hydrogen-bond acceptors (Lipinski definition) is 5. The quantitative estimate of drug-likeness (QED) is 0.595. The van der Waals surface area contributed by atoms with Crippen molar-refractivity contribution in [1.82, 2.24) is 15.3 Å². The smallest absolute Gasteiger partial charge is 0.251 e. The summed E-state index contributed by atoms with van der Waals surface area (Å²) in [5, 5.41) is 7.68. The molecule has 0 spiro atoms. The number of nitrogens with one attached hydrogen (secondary N) is 1. The molecule has 2 fully saturated rings. The number of hydrazine groups is 1. The Morgan fingerprint density at radius 3 is 2.30 bits per heavy atom. The molecule has 1 amide bonds. The molecule has 8 heteroatoms. The summed E-state index contributed by atoms with van der Waals surface area (Å²) < 4.78 is 15.9. The molecule has 2 aromatic rings. The molecule has 4 rings (SSSR count). The summed E-state index contributed by atoms with van der Waals surface area (Å²) in [5.41, 5.74) is 1.73. The highest BCUT2D eigenvalue weighted by Gasteiger charge is 2.54. The second-order valence-corrected chi connectivity index (χ2v) is 8.77. The molecule has 33 heavy (non-hydrogen) atoms. The van der Waals surface area contributed by atoms with E-state index in [1.807, 2.05) is 52.5 Å². The van der Waals surface area contributed by atoms with Gasteiger partial charge in [0.1, 0.15) is 5.75 Å². The van der Waals surface area contributed by atoms with Crippen LogP contribution in [0.15, 0.2) is 42.5 Å². The van der Waals surface area contributed by atoms with Gasteiger partial charge in [-0.1, -0.05) is 18.2 Å². The Kier molecular flexibility index (Phi) is 6.93. The van der Waals surface area contributed by atoms with E-state index in [2.05, 4.69) is 5.32 Å². The van der Waals surface area contributed by atoms with Crippen molar-refractivity contribution in [2.45, 2.75) is 31.1 Å². The molecule has 2 aliphatic rings. The van der Waals surface area contributed by atoms with Crippen LogP contribution in [0.4, 0.5) is 0 Å². The van der Waals surface area contributed by atoms with Crippen molar-refractivity contribution in [3.8, 4) is 17.2 Å². The fraction of sp³-hybridized carbons (Fsp3) is 0.440. The van der Waals surface area contributed by atoms with Gasteiger partial charge in [0.2, 0.25) is 0 Å². The lowest BCUT2D eigenvalue weighted by molar-refractivity contribution is -0.141. The Hall–Kier alpha value is -3.00. The van der Waals surface area contributed by atoms with Gasteiger partial charge in [0.25, 0.3) is 5.91 Å². The highest BCUT2D eigenvalue weighted by Crippen LogP contribution is 2.50. The number of thiocarbonyl (C=S) groups is 1. The fourth-order valence-corrected chi connectivity index (χ4v) is 4.68. The number of hydrogen-bond donors (Lipinski definition) is 1. The summed E-state index contributed by atoms with van der Waals surface area (Å²) in [6.07, 6.45) is 3.41. The van der Waals surface area contributed by atoms with Gasteiger partial charge in [0.15, 0.2) is 16.6 Å². The maximum absolute atomic E-state index is 13.6. The Bertz CT molecular complexity index is 1010. The zero-order chi connectivity index (χ0) is 23.4. The van der Waals surface area contributed by atoms with Crippen molar-refractivity contribution < 1.29 is 19.0 Å². The molecule has 7 nitrogen and oxygen atoms in total. The molecule has 0 aromatic heterocycles. The average Bonchev–Trinajstić information content (AvgIpc) is 3.52. The number of carbonyl (C=O) groups excluding carboxylic acids is 1. The Morgan fingerprint density at radius 1 is 0.970 bits per heavy atom. The van der Waals surface area contributed by atoms with Crippen LogP contribution in [0, 0.1) is 0 Å². The van der Waals surface area contributed by atoms with Gasteiger partial charge in [0.05, 0.1) is 26.7 Å². The van der Waals surface area contributed by atoms with Crippen LogP contribution in [0.25, 0.3) is 0 Å². The molecule has 1 aliphatic heterocycles. The van der Waals surface area contributed by atoms with E-state index in [1.165, 1.54) is 0 Å². The first-order chi connectivity index (χ1) is 16.0. The van der Waals surface area contributed by atoms with Crippen molar-refractivity contribution in [3.05, 3.63) is 53.6 Å². The largest absolute Gasteiger partial charge is 0.497 e. The minimum atomic E-state index is -0.440. The van der Waals surface area contributed by atoms with E-state index < -0.39 is 5.41 Å². The SMILES string of the molecule is COc1ccc(C2(C(=O)N3CCCN3C(=S)NCCc3ccc(OC)c(OC)c3)CC2)cc1. The lowest BCUT2D eigenvalue weighted by Gasteiger charge is -2.33. The number of amides is 1. The maximum atomic E-state index is 13.6. The zero-order valence-corrected chi connectivity index (χ0v) is 20.2. The first kappa shape index (κ1) is 23.2. The number of rotatable bonds is 8. The zero-order valence-electron chi connectivity index (χ0n) is 19.4. The molecule has 2 aromatic carbocycles. The van der Waals surface area contributed by atoms with Crippen LogP contribution < -0.4 is 19.5 Å². The fourth-order valence-electron chi connectivity index (χ4n) is 4.38. The lowest BCUT2D eigenvalue weighted by Crippen LogP contribution is -2.52. The van der Waals surface area contributed by atoms with Gasteiger partial charge in [-0.2, -0.15) is 0 Å². The standard InChI is InChI=1S/C25H31N3O4S/c1-30-20-8-6-19(7-9-20)25(12-13-25)23(29)27-15-4-16-28(27)24(33)26-14-11-18-5-10-21(31-2)22(17-18)32-3/h5-10,17H,4,11-16H2,1-3H3,(H,26,33). The van der Waals surface area contributed by atoms with Gasteiger partial charge in [0, 0.05) is 19.6 Å². The first-order valence-corrected chi connectivity index (χ1v) is 11.7. The molecule has 0 atom stereocenters. The molecule has 0 bridgehead atoms. The van der Waals surface area contributed by atoms with Crippen molar-refractivity contribution >= 4 is 23.2 Å². The Labute approximate surface area is 200 Å². The average molecular weight is 470 g/mol. The summed E-state index contributed by atoms with van der Waals surface area (Å²) in [7, 11) is 4.90. The van der Waals surface area contributed by atoms with Crippen LogP contribution in [0.1, 0.15) is 30.4 Å². The van der Waals surface area contributed by atoms with E-state index in [0.29, 0.717) is 29.7 Å². The highest BCUT2D eigenvalue weighted by molar-refractivity contribution is 7.80. The summed E-state index contributed by atoms with van der Waals surface area (Å²) in [6, 6.07) is 13.7. The summed E-state index contributed by atoms with van der Waals surface area (Å²) in [4.78, 5) is 13.6. The van der Waals surface area contributed by atoms with E-state index in [4.69, 9.17) is 26.4 Å². The van der Waals surface area contributed by atoms with Crippen LogP contribution in [-0.2, 0) is 16.6 Å². The number of benzene rings is 2. The highest BCUT2D eigenvalue weighted by atomic mass is 32.1. The van der Waals surface area contributed by atoms with Crippen LogP contribution in [0.3, 0.4) is 0 Å². The molecule has 1 N–H and O–H groups in total. The number of ether oxygens (including phenoxy) is 3. The third kappa shape index (κ3) is 4.71. The first-order valence-electron chi connectivity index (χ1n) is 11.2. The molecular weight excluding hydrogens is 438 g/mol. The van der Waals surface area contributed by atoms with E-state index in [9.17, 15) is 4.79 Å². The second kappa shape index (κ2) is 9.87. The van der Waals surface area contributed by atoms with Crippen LogP contribution >= 0.6 is 12.2 Å². The predicted molar refractivity (Wildman–Crippen MR) is 131 cm³/mol. The molecule has 1 saturated carbocycles. The van der Waals surface area contributed by atoms with E-state index in [1.54, 1.807) is 21.3 Å². The molecule has 1 aliphatic carbocycles. The maximum Gasteiger partial charge on any atom is 0.251 e. The molecule has 176 valence electrons. The van der Waals surface area contributed by atoms with E-state index >= 15 is 0 Å². The Balaban J connectivity index is 1.37. The second-order valence-electron chi connectivity index (χ2n) is 8.39. The monoisotopic (exact) mass is 469 g/mol. The summed E-state index contributed by atoms with van der Waals surface area (Å²) >= 11 is 5.67. The normalized spacial score (nSPS) is 16.3. The van der Waals surface area contributed by atoms with Gasteiger partial charge < -0.3 is 19.5 Å². The van der Waals surface area contributed by atoms with Crippen LogP contribution in [0.2, 0.25) is 0 Å². The van der Waals surface area contributed by atoms with Gasteiger partial charge in [-0.05, 0) is 73.3 Å². The van der Waals surface area contributed by atoms with Crippen molar-refractivity contribution in [2.75, 3.05) is 41.0 Å². The third-order valence-corrected chi connectivity index (χ3v) is 6.80. The van der Waals surface area contributed by atoms with Gasteiger partial charge in [-0.25, -0.2) is 0 Å². The van der Waals surface area contributed by atoms with Crippen molar-refractivity contribution in [1.29, 1.82) is 0 Å². The van der Waals surface area contributed by atoms with Crippen molar-refractivity contribution in [3.63, 3.8) is 0 Å². The summed E-state index contributed by atoms with van der Waals surface area (Å²) in [5.74, 6) is 2.35. The predicted octanol–water partition coefficient (Wildman–Crippen LogP) is 3.31. The minimum absolute atomic E-state index is 0.134. The minimum Gasteiger partial charge on any atom is -0.497 e. The van der Waals surface area contributed by atoms with Crippen LogP contribution in [-0.4, -0.2) is 62.0 Å². The summed E-state index contributed by atoms with van der Waals surface area (Å²) in [6.45, 7) is 2.09. The van der Waals surface area contributed by atoms with E-state index in [-0.39, 0.29) is 5.91 Å². The van der Waals surface area contributed by atoms with Gasteiger partial charge in [-0.15, -0.1) is 0 Å².